The second kappa shape index (κ2) is 10.4. The van der Waals surface area contributed by atoms with Crippen LogP contribution in [0.5, 0.6) is 5.75 Å². The molecule has 0 unspecified atom stereocenters. The molecule has 2 aromatic rings. The van der Waals surface area contributed by atoms with E-state index in [0.29, 0.717) is 19.8 Å². The molecule has 2 rings (SSSR count). The Hall–Kier alpha value is -2.47. The van der Waals surface area contributed by atoms with Crippen LogP contribution in [0.15, 0.2) is 46.0 Å². The molecule has 0 aliphatic heterocycles. The number of guanidine groups is 1. The third kappa shape index (κ3) is 6.51. The number of rotatable bonds is 9. The summed E-state index contributed by atoms with van der Waals surface area (Å²) in [6.07, 6.45) is 2.49. The average Bonchev–Trinajstić information content (AvgIpc) is 3.13. The fourth-order valence-corrected chi connectivity index (χ4v) is 2.34. The van der Waals surface area contributed by atoms with E-state index in [1.165, 1.54) is 0 Å². The molecule has 0 amide bonds. The van der Waals surface area contributed by atoms with E-state index in [-0.39, 0.29) is 0 Å². The van der Waals surface area contributed by atoms with Gasteiger partial charge in [-0.15, -0.1) is 0 Å². The molecule has 0 atom stereocenters. The number of aryl methyl sites for hydroxylation is 1. The Morgan fingerprint density at radius 2 is 2.08 bits per heavy atom. The first-order chi connectivity index (χ1) is 12.2. The van der Waals surface area contributed by atoms with Gasteiger partial charge in [-0.05, 0) is 30.7 Å². The molecule has 0 saturated heterocycles. The van der Waals surface area contributed by atoms with Gasteiger partial charge in [-0.25, -0.2) is 0 Å². The molecule has 0 fully saturated rings. The maximum atomic E-state index is 5.82. The summed E-state index contributed by atoms with van der Waals surface area (Å²) in [5.41, 5.74) is 2.24. The Labute approximate surface area is 149 Å². The van der Waals surface area contributed by atoms with Crippen LogP contribution in [0, 0.1) is 6.92 Å². The van der Waals surface area contributed by atoms with Gasteiger partial charge in [0.2, 0.25) is 0 Å². The highest BCUT2D eigenvalue weighted by Crippen LogP contribution is 2.20. The highest BCUT2D eigenvalue weighted by atomic mass is 16.5. The highest BCUT2D eigenvalue weighted by Gasteiger charge is 2.06. The molecule has 1 aromatic carbocycles. The lowest BCUT2D eigenvalue weighted by Crippen LogP contribution is -2.37. The summed E-state index contributed by atoms with van der Waals surface area (Å²) < 4.78 is 16.2. The Balaban J connectivity index is 1.85. The highest BCUT2D eigenvalue weighted by molar-refractivity contribution is 5.79. The van der Waals surface area contributed by atoms with Crippen molar-refractivity contribution in [1.82, 2.24) is 10.6 Å². The summed E-state index contributed by atoms with van der Waals surface area (Å²) in [6.45, 7) is 4.52. The number of hydrogen-bond acceptors (Lipinski definition) is 4. The van der Waals surface area contributed by atoms with Crippen molar-refractivity contribution >= 4 is 5.96 Å². The zero-order valence-electron chi connectivity index (χ0n) is 15.2. The minimum absolute atomic E-state index is 0.531. The van der Waals surface area contributed by atoms with E-state index >= 15 is 0 Å². The first kappa shape index (κ1) is 18.9. The Morgan fingerprint density at radius 3 is 2.80 bits per heavy atom. The van der Waals surface area contributed by atoms with E-state index in [1.807, 2.05) is 18.2 Å². The van der Waals surface area contributed by atoms with Gasteiger partial charge in [0.15, 0.2) is 5.96 Å². The van der Waals surface area contributed by atoms with Crippen molar-refractivity contribution in [2.24, 2.45) is 4.99 Å². The molecule has 0 saturated carbocycles. The molecule has 25 heavy (non-hydrogen) atoms. The van der Waals surface area contributed by atoms with Crippen LogP contribution in [-0.4, -0.2) is 39.9 Å². The van der Waals surface area contributed by atoms with Crippen LogP contribution < -0.4 is 15.4 Å². The van der Waals surface area contributed by atoms with Gasteiger partial charge in [0.05, 0.1) is 12.9 Å². The van der Waals surface area contributed by atoms with Gasteiger partial charge >= 0.3 is 0 Å². The van der Waals surface area contributed by atoms with Crippen LogP contribution >= 0.6 is 0 Å². The van der Waals surface area contributed by atoms with E-state index in [0.717, 1.165) is 41.6 Å². The lowest BCUT2D eigenvalue weighted by molar-refractivity contribution is 0.145. The molecule has 0 bridgehead atoms. The smallest absolute Gasteiger partial charge is 0.191 e. The standard InChI is InChI=1S/C19H27N3O3/c1-15-6-7-16(18(13-15)25-12-11-23-3)14-22-19(20-2)21-9-8-17-5-4-10-24-17/h4-7,10,13H,8-9,11-12,14H2,1-3H3,(H2,20,21,22). The number of methoxy groups -OCH3 is 1. The number of nitrogens with one attached hydrogen (secondary N) is 2. The van der Waals surface area contributed by atoms with Crippen molar-refractivity contribution in [2.45, 2.75) is 19.9 Å². The predicted octanol–water partition coefficient (Wildman–Crippen LogP) is 2.52. The Bertz CT molecular complexity index is 654. The molecule has 1 heterocycles. The third-order valence-electron chi connectivity index (χ3n) is 3.68. The summed E-state index contributed by atoms with van der Waals surface area (Å²) in [7, 11) is 3.42. The molecule has 1 aromatic heterocycles. The van der Waals surface area contributed by atoms with Crippen LogP contribution in [0.1, 0.15) is 16.9 Å². The number of benzene rings is 1. The fraction of sp³-hybridized carbons (Fsp3) is 0.421. The molecule has 6 nitrogen and oxygen atoms in total. The van der Waals surface area contributed by atoms with Crippen molar-refractivity contribution < 1.29 is 13.9 Å². The third-order valence-corrected chi connectivity index (χ3v) is 3.68. The molecule has 0 spiro atoms. The number of nitrogens with zero attached hydrogens (tertiary/aromatic N) is 1. The van der Waals surface area contributed by atoms with Crippen LogP contribution in [0.4, 0.5) is 0 Å². The minimum atomic E-state index is 0.531. The molecule has 0 aliphatic carbocycles. The van der Waals surface area contributed by atoms with Crippen LogP contribution in [0.25, 0.3) is 0 Å². The maximum Gasteiger partial charge on any atom is 0.191 e. The van der Waals surface area contributed by atoms with E-state index in [9.17, 15) is 0 Å². The van der Waals surface area contributed by atoms with Gasteiger partial charge in [0, 0.05) is 39.2 Å². The van der Waals surface area contributed by atoms with Gasteiger partial charge in [0.25, 0.3) is 0 Å². The van der Waals surface area contributed by atoms with E-state index in [4.69, 9.17) is 13.9 Å². The average molecular weight is 345 g/mol. The first-order valence-electron chi connectivity index (χ1n) is 8.41. The maximum absolute atomic E-state index is 5.82. The summed E-state index contributed by atoms with van der Waals surface area (Å²) in [4.78, 5) is 4.25. The normalized spacial score (nSPS) is 11.4. The van der Waals surface area contributed by atoms with E-state index in [2.05, 4.69) is 34.7 Å². The van der Waals surface area contributed by atoms with Gasteiger partial charge in [-0.3, -0.25) is 4.99 Å². The van der Waals surface area contributed by atoms with E-state index < -0.39 is 0 Å². The molecule has 0 radical (unpaired) electrons. The van der Waals surface area contributed by atoms with Crippen molar-refractivity contribution in [2.75, 3.05) is 33.9 Å². The summed E-state index contributed by atoms with van der Waals surface area (Å²) in [5.74, 6) is 2.57. The summed E-state index contributed by atoms with van der Waals surface area (Å²) >= 11 is 0. The molecule has 136 valence electrons. The largest absolute Gasteiger partial charge is 0.491 e. The monoisotopic (exact) mass is 345 g/mol. The molecular weight excluding hydrogens is 318 g/mol. The Morgan fingerprint density at radius 1 is 1.20 bits per heavy atom. The first-order valence-corrected chi connectivity index (χ1v) is 8.41. The fourth-order valence-electron chi connectivity index (χ4n) is 2.34. The van der Waals surface area contributed by atoms with Gasteiger partial charge < -0.3 is 24.5 Å². The van der Waals surface area contributed by atoms with E-state index in [1.54, 1.807) is 20.4 Å². The second-order valence-corrected chi connectivity index (χ2v) is 5.63. The number of ether oxygens (including phenoxy) is 2. The number of aliphatic imine (C=N–C) groups is 1. The zero-order valence-corrected chi connectivity index (χ0v) is 15.2. The van der Waals surface area contributed by atoms with Crippen LogP contribution in [0.3, 0.4) is 0 Å². The molecule has 0 aliphatic rings. The minimum Gasteiger partial charge on any atom is -0.491 e. The molecule has 6 heteroatoms. The number of hydrogen-bond donors (Lipinski definition) is 2. The topological polar surface area (TPSA) is 68.0 Å². The van der Waals surface area contributed by atoms with Crippen LogP contribution in [-0.2, 0) is 17.7 Å². The summed E-state index contributed by atoms with van der Waals surface area (Å²) in [6, 6.07) is 10.0. The SMILES string of the molecule is CN=C(NCCc1ccco1)NCc1ccc(C)cc1OCCOC. The van der Waals surface area contributed by atoms with Gasteiger partial charge in [-0.2, -0.15) is 0 Å². The summed E-state index contributed by atoms with van der Waals surface area (Å²) in [5, 5.41) is 6.59. The van der Waals surface area contributed by atoms with Crippen LogP contribution in [0.2, 0.25) is 0 Å². The molecule has 2 N–H and O–H groups in total. The lowest BCUT2D eigenvalue weighted by Gasteiger charge is -2.15. The Kier molecular flexibility index (Phi) is 7.85. The lowest BCUT2D eigenvalue weighted by atomic mass is 10.1. The van der Waals surface area contributed by atoms with Gasteiger partial charge in [-0.1, -0.05) is 12.1 Å². The predicted molar refractivity (Wildman–Crippen MR) is 99.2 cm³/mol. The quantitative estimate of drug-likeness (QED) is 0.415. The molecular formula is C19H27N3O3. The van der Waals surface area contributed by atoms with Crippen molar-refractivity contribution in [3.8, 4) is 5.75 Å². The second-order valence-electron chi connectivity index (χ2n) is 5.63. The van der Waals surface area contributed by atoms with Crippen molar-refractivity contribution in [3.63, 3.8) is 0 Å². The van der Waals surface area contributed by atoms with Gasteiger partial charge in [0.1, 0.15) is 18.1 Å². The van der Waals surface area contributed by atoms with Crippen molar-refractivity contribution in [3.05, 3.63) is 53.5 Å². The number of furan rings is 1. The van der Waals surface area contributed by atoms with Crippen molar-refractivity contribution in [1.29, 1.82) is 0 Å². The zero-order chi connectivity index (χ0) is 17.9.